The molecule has 0 aromatic carbocycles. The molecule has 0 aliphatic carbocycles. The number of anilines is 1. The number of aromatic amines is 1. The van der Waals surface area contributed by atoms with Crippen LogP contribution < -0.4 is 5.73 Å². The summed E-state index contributed by atoms with van der Waals surface area (Å²) in [4.78, 5) is 21.2. The Balaban J connectivity index is 2.58. The van der Waals surface area contributed by atoms with Crippen molar-refractivity contribution in [2.24, 2.45) is 0 Å². The lowest BCUT2D eigenvalue weighted by Crippen LogP contribution is -2.00. The maximum absolute atomic E-state index is 10.9. The van der Waals surface area contributed by atoms with Crippen molar-refractivity contribution in [3.63, 3.8) is 0 Å². The van der Waals surface area contributed by atoms with Gasteiger partial charge in [-0.3, -0.25) is 4.98 Å². The van der Waals surface area contributed by atoms with Gasteiger partial charge in [0, 0.05) is 6.20 Å². The molecule has 0 atom stereocenters. The summed E-state index contributed by atoms with van der Waals surface area (Å²) in [6.07, 6.45) is 1.56. The average Bonchev–Trinajstić information content (AvgIpc) is 2.62. The first kappa shape index (κ1) is 9.20. The predicted molar refractivity (Wildman–Crippen MR) is 53.2 cm³/mol. The van der Waals surface area contributed by atoms with Crippen molar-refractivity contribution in [2.75, 3.05) is 5.73 Å². The number of nitrogen functional groups attached to an aromatic ring is 1. The largest absolute Gasteiger partial charge is 0.477 e. The lowest BCUT2D eigenvalue weighted by Gasteiger charge is -1.96. The SMILES string of the molecule is Nc1nc(-c2ccccn2)c(C(=O)O)[nH]1. The summed E-state index contributed by atoms with van der Waals surface area (Å²) in [5.74, 6) is -1.05. The van der Waals surface area contributed by atoms with E-state index < -0.39 is 5.97 Å². The molecular weight excluding hydrogens is 196 g/mol. The average molecular weight is 204 g/mol. The number of aromatic carboxylic acids is 1. The Kier molecular flexibility index (Phi) is 2.09. The number of nitrogens with two attached hydrogens (primary N) is 1. The number of aromatic nitrogens is 3. The van der Waals surface area contributed by atoms with E-state index in [4.69, 9.17) is 10.8 Å². The quantitative estimate of drug-likeness (QED) is 0.669. The van der Waals surface area contributed by atoms with E-state index in [9.17, 15) is 4.79 Å². The molecule has 2 heterocycles. The van der Waals surface area contributed by atoms with Crippen LogP contribution >= 0.6 is 0 Å². The van der Waals surface area contributed by atoms with Gasteiger partial charge < -0.3 is 15.8 Å². The van der Waals surface area contributed by atoms with E-state index in [-0.39, 0.29) is 17.3 Å². The van der Waals surface area contributed by atoms with Gasteiger partial charge in [-0.15, -0.1) is 0 Å². The van der Waals surface area contributed by atoms with Crippen LogP contribution in [0.2, 0.25) is 0 Å². The number of nitrogens with zero attached hydrogens (tertiary/aromatic N) is 2. The zero-order valence-electron chi connectivity index (χ0n) is 7.64. The summed E-state index contributed by atoms with van der Waals surface area (Å²) in [7, 11) is 0. The number of carbonyl (C=O) groups is 1. The summed E-state index contributed by atoms with van der Waals surface area (Å²) in [6.45, 7) is 0. The number of imidazole rings is 1. The second-order valence-electron chi connectivity index (χ2n) is 2.87. The van der Waals surface area contributed by atoms with Crippen molar-refractivity contribution in [1.29, 1.82) is 0 Å². The first-order chi connectivity index (χ1) is 7.18. The summed E-state index contributed by atoms with van der Waals surface area (Å²) in [5.41, 5.74) is 6.07. The van der Waals surface area contributed by atoms with Crippen molar-refractivity contribution in [3.8, 4) is 11.4 Å². The number of carboxylic acids is 1. The fourth-order valence-electron chi connectivity index (χ4n) is 1.23. The minimum Gasteiger partial charge on any atom is -0.477 e. The lowest BCUT2D eigenvalue weighted by molar-refractivity contribution is 0.0692. The molecule has 2 aromatic heterocycles. The Morgan fingerprint density at radius 3 is 2.87 bits per heavy atom. The van der Waals surface area contributed by atoms with E-state index in [0.717, 1.165) is 0 Å². The number of hydrogen-bond acceptors (Lipinski definition) is 4. The van der Waals surface area contributed by atoms with Crippen molar-refractivity contribution < 1.29 is 9.90 Å². The number of nitrogens with one attached hydrogen (secondary N) is 1. The Morgan fingerprint density at radius 1 is 1.47 bits per heavy atom. The van der Waals surface area contributed by atoms with E-state index in [1.165, 1.54) is 0 Å². The van der Waals surface area contributed by atoms with Crippen molar-refractivity contribution >= 4 is 11.9 Å². The first-order valence-electron chi connectivity index (χ1n) is 4.18. The monoisotopic (exact) mass is 204 g/mol. The molecule has 2 aromatic rings. The summed E-state index contributed by atoms with van der Waals surface area (Å²) in [6, 6.07) is 5.15. The Bertz CT molecular complexity index is 492. The van der Waals surface area contributed by atoms with Crippen LogP contribution in [0.15, 0.2) is 24.4 Å². The fourth-order valence-corrected chi connectivity index (χ4v) is 1.23. The van der Waals surface area contributed by atoms with E-state index in [1.807, 2.05) is 0 Å². The Labute approximate surface area is 84.8 Å². The zero-order chi connectivity index (χ0) is 10.8. The molecule has 6 heteroatoms. The summed E-state index contributed by atoms with van der Waals surface area (Å²) >= 11 is 0. The summed E-state index contributed by atoms with van der Waals surface area (Å²) < 4.78 is 0. The third-order valence-electron chi connectivity index (χ3n) is 1.84. The molecular formula is C9H8N4O2. The molecule has 0 aliphatic heterocycles. The molecule has 0 saturated carbocycles. The number of H-pyrrole nitrogens is 1. The van der Waals surface area contributed by atoms with Gasteiger partial charge >= 0.3 is 5.97 Å². The number of hydrogen-bond donors (Lipinski definition) is 3. The molecule has 0 saturated heterocycles. The zero-order valence-corrected chi connectivity index (χ0v) is 7.64. The molecule has 2 rings (SSSR count). The maximum atomic E-state index is 10.9. The van der Waals surface area contributed by atoms with Crippen LogP contribution in [0.5, 0.6) is 0 Å². The standard InChI is InChI=1S/C9H8N4O2/c10-9-12-6(7(13-9)8(14)15)5-3-1-2-4-11-5/h1-4H,(H,14,15)(H3,10,12,13). The normalized spacial score (nSPS) is 10.1. The third kappa shape index (κ3) is 1.64. The molecule has 0 unspecified atom stereocenters. The molecule has 0 spiro atoms. The highest BCUT2D eigenvalue weighted by molar-refractivity contribution is 5.92. The molecule has 4 N–H and O–H groups in total. The first-order valence-corrected chi connectivity index (χ1v) is 4.18. The highest BCUT2D eigenvalue weighted by Gasteiger charge is 2.17. The third-order valence-corrected chi connectivity index (χ3v) is 1.84. The predicted octanol–water partition coefficient (Wildman–Crippen LogP) is 0.752. The molecule has 0 bridgehead atoms. The number of rotatable bonds is 2. The molecule has 0 aliphatic rings. The smallest absolute Gasteiger partial charge is 0.354 e. The van der Waals surface area contributed by atoms with Crippen LogP contribution in [-0.4, -0.2) is 26.0 Å². The number of carboxylic acid groups (broad SMARTS) is 1. The van der Waals surface area contributed by atoms with E-state index >= 15 is 0 Å². The van der Waals surface area contributed by atoms with Gasteiger partial charge in [-0.05, 0) is 12.1 Å². The van der Waals surface area contributed by atoms with Crippen LogP contribution in [0, 0.1) is 0 Å². The van der Waals surface area contributed by atoms with Gasteiger partial charge in [0.15, 0.2) is 11.6 Å². The van der Waals surface area contributed by atoms with Crippen LogP contribution in [-0.2, 0) is 0 Å². The van der Waals surface area contributed by atoms with Crippen molar-refractivity contribution in [2.45, 2.75) is 0 Å². The summed E-state index contributed by atoms with van der Waals surface area (Å²) in [5, 5.41) is 8.89. The van der Waals surface area contributed by atoms with Crippen LogP contribution in [0.1, 0.15) is 10.5 Å². The van der Waals surface area contributed by atoms with Gasteiger partial charge in [0.1, 0.15) is 5.69 Å². The van der Waals surface area contributed by atoms with Gasteiger partial charge in [-0.25, -0.2) is 9.78 Å². The van der Waals surface area contributed by atoms with Gasteiger partial charge in [0.2, 0.25) is 0 Å². The van der Waals surface area contributed by atoms with Crippen LogP contribution in [0.3, 0.4) is 0 Å². The lowest BCUT2D eigenvalue weighted by atomic mass is 10.2. The van der Waals surface area contributed by atoms with Crippen LogP contribution in [0.25, 0.3) is 11.4 Å². The van der Waals surface area contributed by atoms with Gasteiger partial charge in [-0.2, -0.15) is 0 Å². The van der Waals surface area contributed by atoms with Crippen molar-refractivity contribution in [3.05, 3.63) is 30.1 Å². The van der Waals surface area contributed by atoms with Gasteiger partial charge in [-0.1, -0.05) is 6.07 Å². The van der Waals surface area contributed by atoms with E-state index in [2.05, 4.69) is 15.0 Å². The molecule has 0 radical (unpaired) electrons. The number of pyridine rings is 1. The van der Waals surface area contributed by atoms with Gasteiger partial charge in [0.05, 0.1) is 5.69 Å². The highest BCUT2D eigenvalue weighted by atomic mass is 16.4. The van der Waals surface area contributed by atoms with Gasteiger partial charge in [0.25, 0.3) is 0 Å². The molecule has 0 amide bonds. The minimum absolute atomic E-state index is 0.0498. The highest BCUT2D eigenvalue weighted by Crippen LogP contribution is 2.19. The van der Waals surface area contributed by atoms with Crippen LogP contribution in [0.4, 0.5) is 5.95 Å². The second-order valence-corrected chi connectivity index (χ2v) is 2.87. The van der Waals surface area contributed by atoms with E-state index in [1.54, 1.807) is 24.4 Å². The maximum Gasteiger partial charge on any atom is 0.354 e. The minimum atomic E-state index is -1.11. The Hall–Kier alpha value is -2.37. The molecule has 6 nitrogen and oxygen atoms in total. The molecule has 15 heavy (non-hydrogen) atoms. The molecule has 76 valence electrons. The topological polar surface area (TPSA) is 105 Å². The second kappa shape index (κ2) is 3.41. The van der Waals surface area contributed by atoms with Crippen molar-refractivity contribution in [1.82, 2.24) is 15.0 Å². The Morgan fingerprint density at radius 2 is 2.27 bits per heavy atom. The fraction of sp³-hybridized carbons (Fsp3) is 0. The van der Waals surface area contributed by atoms with E-state index in [0.29, 0.717) is 5.69 Å². The molecule has 0 fully saturated rings.